The first-order chi connectivity index (χ1) is 15.1. The third kappa shape index (κ3) is 2.67. The largest absolute Gasteiger partial charge is 0.497 e. The van der Waals surface area contributed by atoms with Gasteiger partial charge in [-0.15, -0.1) is 0 Å². The Morgan fingerprint density at radius 2 is 1.61 bits per heavy atom. The molecule has 156 valence electrons. The highest BCUT2D eigenvalue weighted by Gasteiger charge is 2.67. The third-order valence-electron chi connectivity index (χ3n) is 7.38. The summed E-state index contributed by atoms with van der Waals surface area (Å²) in [5, 5.41) is 2.84. The van der Waals surface area contributed by atoms with Crippen molar-refractivity contribution in [1.29, 1.82) is 0 Å². The first-order valence-electron chi connectivity index (χ1n) is 10.7. The van der Waals surface area contributed by atoms with Crippen LogP contribution in [0.1, 0.15) is 16.8 Å². The molecule has 6 heteroatoms. The maximum absolute atomic E-state index is 13.3. The molecule has 0 spiro atoms. The molecule has 7 rings (SSSR count). The molecule has 31 heavy (non-hydrogen) atoms. The highest BCUT2D eigenvalue weighted by Crippen LogP contribution is 2.65. The number of methoxy groups -OCH3 is 1. The van der Waals surface area contributed by atoms with Crippen LogP contribution in [-0.4, -0.2) is 24.8 Å². The van der Waals surface area contributed by atoms with E-state index in [0.29, 0.717) is 34.5 Å². The molecule has 3 amide bonds. The van der Waals surface area contributed by atoms with Crippen molar-refractivity contribution in [1.82, 2.24) is 0 Å². The van der Waals surface area contributed by atoms with Crippen molar-refractivity contribution >= 4 is 29.1 Å². The van der Waals surface area contributed by atoms with Crippen molar-refractivity contribution in [2.24, 2.45) is 35.5 Å². The van der Waals surface area contributed by atoms with E-state index in [-0.39, 0.29) is 41.4 Å². The summed E-state index contributed by atoms with van der Waals surface area (Å²) in [7, 11) is 1.58. The smallest absolute Gasteiger partial charge is 0.255 e. The zero-order valence-corrected chi connectivity index (χ0v) is 17.0. The monoisotopic (exact) mass is 414 g/mol. The first kappa shape index (κ1) is 18.4. The van der Waals surface area contributed by atoms with Crippen LogP contribution in [0.5, 0.6) is 5.75 Å². The van der Waals surface area contributed by atoms with Crippen LogP contribution < -0.4 is 15.0 Å². The van der Waals surface area contributed by atoms with Crippen LogP contribution in [-0.2, 0) is 9.59 Å². The van der Waals surface area contributed by atoms with Gasteiger partial charge in [-0.1, -0.05) is 18.2 Å². The topological polar surface area (TPSA) is 75.7 Å². The van der Waals surface area contributed by atoms with Crippen LogP contribution >= 0.6 is 0 Å². The van der Waals surface area contributed by atoms with Gasteiger partial charge >= 0.3 is 0 Å². The molecule has 1 heterocycles. The molecule has 0 unspecified atom stereocenters. The maximum Gasteiger partial charge on any atom is 0.255 e. The lowest BCUT2D eigenvalue weighted by Crippen LogP contribution is -2.40. The van der Waals surface area contributed by atoms with Crippen molar-refractivity contribution < 1.29 is 19.1 Å². The van der Waals surface area contributed by atoms with E-state index in [2.05, 4.69) is 17.5 Å². The van der Waals surface area contributed by atoms with E-state index in [1.807, 2.05) is 0 Å². The maximum atomic E-state index is 13.3. The standard InChI is InChI=1S/C25H22N2O4/c1-31-16-7-5-14(6-8-16)26-23(28)13-3-2-4-15(11-13)27-24(29)21-17-9-10-18(20-12-19(17)20)22(21)25(27)30/h2-11,17-22H,12H2,1H3,(H,26,28)/t17-,18-,19-,20-,21-,22+/m0/s1. The normalized spacial score (nSPS) is 32.0. The fraction of sp³-hybridized carbons (Fsp3) is 0.320. The predicted molar refractivity (Wildman–Crippen MR) is 115 cm³/mol. The van der Waals surface area contributed by atoms with Crippen LogP contribution in [0.2, 0.25) is 0 Å². The van der Waals surface area contributed by atoms with E-state index in [4.69, 9.17) is 4.74 Å². The Morgan fingerprint density at radius 1 is 0.968 bits per heavy atom. The second-order valence-corrected chi connectivity index (χ2v) is 8.90. The lowest BCUT2D eigenvalue weighted by molar-refractivity contribution is -0.124. The van der Waals surface area contributed by atoms with Crippen molar-refractivity contribution in [3.05, 3.63) is 66.2 Å². The van der Waals surface area contributed by atoms with E-state index in [1.165, 1.54) is 4.90 Å². The highest BCUT2D eigenvalue weighted by molar-refractivity contribution is 6.23. The molecule has 1 N–H and O–H groups in total. The van der Waals surface area contributed by atoms with Gasteiger partial charge in [0.25, 0.3) is 5.91 Å². The Kier molecular flexibility index (Phi) is 3.88. The Balaban J connectivity index is 1.26. The average Bonchev–Trinajstić information content (AvgIpc) is 3.57. The Morgan fingerprint density at radius 3 is 2.23 bits per heavy atom. The van der Waals surface area contributed by atoms with Crippen molar-refractivity contribution in [2.45, 2.75) is 6.42 Å². The predicted octanol–water partition coefficient (Wildman–Crippen LogP) is 3.51. The number of ether oxygens (including phenoxy) is 1. The molecule has 0 aromatic heterocycles. The molecule has 2 aromatic rings. The number of benzene rings is 2. The summed E-state index contributed by atoms with van der Waals surface area (Å²) in [6, 6.07) is 13.8. The number of nitrogens with zero attached hydrogens (tertiary/aromatic N) is 1. The fourth-order valence-electron chi connectivity index (χ4n) is 5.88. The number of anilines is 2. The van der Waals surface area contributed by atoms with Crippen molar-refractivity contribution in [3.63, 3.8) is 0 Å². The molecule has 0 radical (unpaired) electrons. The van der Waals surface area contributed by atoms with Crippen molar-refractivity contribution in [3.8, 4) is 5.75 Å². The fourth-order valence-corrected chi connectivity index (χ4v) is 5.88. The molecule has 1 aliphatic heterocycles. The number of nitrogens with one attached hydrogen (secondary N) is 1. The van der Waals surface area contributed by atoms with Gasteiger partial charge in [-0.2, -0.15) is 0 Å². The molecule has 2 saturated carbocycles. The molecule has 6 nitrogen and oxygen atoms in total. The van der Waals surface area contributed by atoms with E-state index >= 15 is 0 Å². The average molecular weight is 414 g/mol. The zero-order valence-electron chi connectivity index (χ0n) is 17.0. The summed E-state index contributed by atoms with van der Waals surface area (Å²) >= 11 is 0. The Labute approximate surface area is 179 Å². The quantitative estimate of drug-likeness (QED) is 0.614. The number of rotatable bonds is 4. The lowest BCUT2D eigenvalue weighted by Gasteiger charge is -2.37. The number of imide groups is 1. The van der Waals surface area contributed by atoms with E-state index in [1.54, 1.807) is 55.6 Å². The molecule has 4 aliphatic carbocycles. The highest BCUT2D eigenvalue weighted by atomic mass is 16.5. The van der Waals surface area contributed by atoms with Gasteiger partial charge in [-0.25, -0.2) is 4.90 Å². The summed E-state index contributed by atoms with van der Waals surface area (Å²) in [4.78, 5) is 40.7. The van der Waals surface area contributed by atoms with Crippen LogP contribution in [0.25, 0.3) is 0 Å². The Bertz CT molecular complexity index is 1100. The molecule has 6 atom stereocenters. The van der Waals surface area contributed by atoms with Crippen LogP contribution in [0.15, 0.2) is 60.7 Å². The SMILES string of the molecule is COc1ccc(NC(=O)c2cccc(N3C(=O)[C@@H]4[C@H]5C=C[C@@H]([C@@H]6C[C@@H]56)[C@@H]4C3=O)c2)cc1. The summed E-state index contributed by atoms with van der Waals surface area (Å²) in [5.74, 6) is 1.17. The summed E-state index contributed by atoms with van der Waals surface area (Å²) in [5.41, 5.74) is 1.50. The third-order valence-corrected chi connectivity index (χ3v) is 7.38. The van der Waals surface area contributed by atoms with Gasteiger partial charge in [-0.3, -0.25) is 14.4 Å². The minimum absolute atomic E-state index is 0.118. The second kappa shape index (κ2) is 6.54. The molecule has 5 aliphatic rings. The molecular weight excluding hydrogens is 392 g/mol. The zero-order chi connectivity index (χ0) is 21.3. The number of carbonyl (C=O) groups is 3. The number of amides is 3. The van der Waals surface area contributed by atoms with Crippen LogP contribution in [0, 0.1) is 35.5 Å². The second-order valence-electron chi connectivity index (χ2n) is 8.90. The van der Waals surface area contributed by atoms with Gasteiger partial charge in [0.2, 0.25) is 11.8 Å². The Hall–Kier alpha value is -3.41. The molecule has 3 fully saturated rings. The number of hydrogen-bond acceptors (Lipinski definition) is 4. The van der Waals surface area contributed by atoms with E-state index in [9.17, 15) is 14.4 Å². The summed E-state index contributed by atoms with van der Waals surface area (Å²) < 4.78 is 5.13. The van der Waals surface area contributed by atoms with E-state index in [0.717, 1.165) is 6.42 Å². The van der Waals surface area contributed by atoms with Crippen LogP contribution in [0.3, 0.4) is 0 Å². The minimum Gasteiger partial charge on any atom is -0.497 e. The first-order valence-corrected chi connectivity index (χ1v) is 10.7. The number of allylic oxidation sites excluding steroid dienone is 2. The van der Waals surface area contributed by atoms with Gasteiger partial charge in [-0.05, 0) is 72.6 Å². The molecular formula is C25H22N2O4. The summed E-state index contributed by atoms with van der Waals surface area (Å²) in [6.45, 7) is 0. The molecule has 2 aromatic carbocycles. The number of hydrogen-bond donors (Lipinski definition) is 1. The molecule has 1 saturated heterocycles. The van der Waals surface area contributed by atoms with Gasteiger partial charge in [0.15, 0.2) is 0 Å². The van der Waals surface area contributed by atoms with Gasteiger partial charge in [0.05, 0.1) is 24.6 Å². The molecule has 2 bridgehead atoms. The number of carbonyl (C=O) groups excluding carboxylic acids is 3. The van der Waals surface area contributed by atoms with E-state index < -0.39 is 0 Å². The van der Waals surface area contributed by atoms with Gasteiger partial charge in [0, 0.05) is 11.3 Å². The summed E-state index contributed by atoms with van der Waals surface area (Å²) in [6.07, 6.45) is 5.46. The van der Waals surface area contributed by atoms with Gasteiger partial charge < -0.3 is 10.1 Å². The van der Waals surface area contributed by atoms with Crippen LogP contribution in [0.4, 0.5) is 11.4 Å². The minimum atomic E-state index is -0.300. The van der Waals surface area contributed by atoms with Gasteiger partial charge in [0.1, 0.15) is 5.75 Å². The van der Waals surface area contributed by atoms with Crippen molar-refractivity contribution in [2.75, 3.05) is 17.3 Å². The lowest BCUT2D eigenvalue weighted by atomic mass is 9.63.